The number of ether oxygens (including phenoxy) is 1. The van der Waals surface area contributed by atoms with E-state index in [1.54, 1.807) is 6.08 Å². The fraction of sp³-hybridized carbons (Fsp3) is 0.467. The first kappa shape index (κ1) is 13.5. The highest BCUT2D eigenvalue weighted by atomic mass is 32.2. The van der Waals surface area contributed by atoms with Crippen molar-refractivity contribution in [2.75, 3.05) is 18.1 Å². The van der Waals surface area contributed by atoms with E-state index in [0.29, 0.717) is 12.6 Å². The molecule has 1 N–H and O–H groups in total. The molecule has 98 valence electrons. The van der Waals surface area contributed by atoms with Gasteiger partial charge in [-0.2, -0.15) is 11.8 Å². The third-order valence-corrected chi connectivity index (χ3v) is 4.16. The fourth-order valence-corrected chi connectivity index (χ4v) is 3.13. The number of thioether (sulfide) groups is 1. The lowest BCUT2D eigenvalue weighted by Crippen LogP contribution is -2.31. The van der Waals surface area contributed by atoms with E-state index in [4.69, 9.17) is 4.74 Å². The third-order valence-electron chi connectivity index (χ3n) is 3.11. The number of benzene rings is 1. The van der Waals surface area contributed by atoms with Crippen LogP contribution in [0.3, 0.4) is 0 Å². The normalized spacial score (nSPS) is 16.4. The Hall–Kier alpha value is -0.930. The van der Waals surface area contributed by atoms with Gasteiger partial charge in [-0.3, -0.25) is 0 Å². The molecule has 3 heteroatoms. The van der Waals surface area contributed by atoms with Gasteiger partial charge in [0.2, 0.25) is 0 Å². The Morgan fingerprint density at radius 3 is 2.67 bits per heavy atom. The van der Waals surface area contributed by atoms with Crippen LogP contribution >= 0.6 is 11.8 Å². The van der Waals surface area contributed by atoms with Crippen molar-refractivity contribution in [3.8, 4) is 5.75 Å². The molecule has 0 radical (unpaired) electrons. The predicted octanol–water partition coefficient (Wildman–Crippen LogP) is 3.24. The molecular weight excluding hydrogens is 242 g/mol. The number of nitrogens with one attached hydrogen (secondary N) is 1. The van der Waals surface area contributed by atoms with Gasteiger partial charge in [0.15, 0.2) is 0 Å². The number of rotatable bonds is 6. The molecule has 1 aliphatic heterocycles. The van der Waals surface area contributed by atoms with Crippen LogP contribution in [0.1, 0.15) is 18.4 Å². The van der Waals surface area contributed by atoms with Crippen LogP contribution in [0, 0.1) is 0 Å². The summed E-state index contributed by atoms with van der Waals surface area (Å²) in [6.07, 6.45) is 4.35. The molecule has 0 spiro atoms. The van der Waals surface area contributed by atoms with E-state index >= 15 is 0 Å². The molecule has 1 aromatic rings. The lowest BCUT2D eigenvalue weighted by atomic mass is 10.1. The minimum absolute atomic E-state index is 0.567. The third kappa shape index (κ3) is 4.39. The van der Waals surface area contributed by atoms with Crippen molar-refractivity contribution in [3.63, 3.8) is 0 Å². The van der Waals surface area contributed by atoms with Crippen molar-refractivity contribution < 1.29 is 4.74 Å². The molecular formula is C15H21NOS. The van der Waals surface area contributed by atoms with Gasteiger partial charge in [-0.1, -0.05) is 24.8 Å². The minimum atomic E-state index is 0.567. The van der Waals surface area contributed by atoms with E-state index in [9.17, 15) is 0 Å². The Balaban J connectivity index is 1.76. The molecule has 1 fully saturated rings. The second-order valence-electron chi connectivity index (χ2n) is 4.51. The largest absolute Gasteiger partial charge is 0.490 e. The van der Waals surface area contributed by atoms with Crippen LogP contribution in [-0.4, -0.2) is 24.2 Å². The van der Waals surface area contributed by atoms with Crippen LogP contribution in [0.4, 0.5) is 0 Å². The van der Waals surface area contributed by atoms with E-state index in [1.807, 2.05) is 12.1 Å². The van der Waals surface area contributed by atoms with E-state index < -0.39 is 0 Å². The lowest BCUT2D eigenvalue weighted by Gasteiger charge is -2.22. The van der Waals surface area contributed by atoms with E-state index in [-0.39, 0.29) is 0 Å². The molecule has 0 saturated carbocycles. The van der Waals surface area contributed by atoms with Gasteiger partial charge in [0.25, 0.3) is 0 Å². The summed E-state index contributed by atoms with van der Waals surface area (Å²) in [5.41, 5.74) is 1.32. The summed E-state index contributed by atoms with van der Waals surface area (Å²) in [6, 6.07) is 9.00. The van der Waals surface area contributed by atoms with Gasteiger partial charge >= 0.3 is 0 Å². The molecule has 0 aliphatic carbocycles. The van der Waals surface area contributed by atoms with Gasteiger partial charge in [-0.25, -0.2) is 0 Å². The van der Waals surface area contributed by atoms with Crippen LogP contribution in [0.5, 0.6) is 5.75 Å². The quantitative estimate of drug-likeness (QED) is 0.796. The summed E-state index contributed by atoms with van der Waals surface area (Å²) in [5, 5.41) is 3.63. The van der Waals surface area contributed by atoms with Crippen LogP contribution < -0.4 is 10.1 Å². The SMILES string of the molecule is C=CCOc1ccc(CNC2CCSCC2)cc1. The van der Waals surface area contributed by atoms with Crippen molar-refractivity contribution in [3.05, 3.63) is 42.5 Å². The number of hydrogen-bond acceptors (Lipinski definition) is 3. The summed E-state index contributed by atoms with van der Waals surface area (Å²) in [7, 11) is 0. The molecule has 0 unspecified atom stereocenters. The van der Waals surface area contributed by atoms with Gasteiger partial charge in [-0.05, 0) is 42.0 Å². The van der Waals surface area contributed by atoms with Gasteiger partial charge in [0.05, 0.1) is 0 Å². The molecule has 0 bridgehead atoms. The summed E-state index contributed by atoms with van der Waals surface area (Å²) >= 11 is 2.07. The average molecular weight is 263 g/mol. The Labute approximate surface area is 114 Å². The summed E-state index contributed by atoms with van der Waals surface area (Å²) in [6.45, 7) is 5.16. The zero-order valence-electron chi connectivity index (χ0n) is 10.7. The first-order chi connectivity index (χ1) is 8.88. The van der Waals surface area contributed by atoms with Crippen molar-refractivity contribution in [2.24, 2.45) is 0 Å². The molecule has 2 nitrogen and oxygen atoms in total. The average Bonchev–Trinajstić information content (AvgIpc) is 2.45. The molecule has 18 heavy (non-hydrogen) atoms. The van der Waals surface area contributed by atoms with Crippen LogP contribution in [0.2, 0.25) is 0 Å². The van der Waals surface area contributed by atoms with Crippen molar-refractivity contribution in [1.82, 2.24) is 5.32 Å². The van der Waals surface area contributed by atoms with Gasteiger partial charge < -0.3 is 10.1 Å². The molecule has 0 amide bonds. The molecule has 1 aromatic carbocycles. The highest BCUT2D eigenvalue weighted by Crippen LogP contribution is 2.18. The molecule has 1 aliphatic rings. The summed E-state index contributed by atoms with van der Waals surface area (Å²) < 4.78 is 5.46. The summed E-state index contributed by atoms with van der Waals surface area (Å²) in [4.78, 5) is 0. The Kier molecular flexibility index (Phi) is 5.62. The van der Waals surface area contributed by atoms with Crippen LogP contribution in [0.15, 0.2) is 36.9 Å². The molecule has 2 rings (SSSR count). The van der Waals surface area contributed by atoms with E-state index in [0.717, 1.165) is 12.3 Å². The Bertz CT molecular complexity index is 357. The Morgan fingerprint density at radius 1 is 1.28 bits per heavy atom. The van der Waals surface area contributed by atoms with Crippen LogP contribution in [0.25, 0.3) is 0 Å². The highest BCUT2D eigenvalue weighted by molar-refractivity contribution is 7.99. The molecule has 0 atom stereocenters. The van der Waals surface area contributed by atoms with Crippen molar-refractivity contribution in [1.29, 1.82) is 0 Å². The first-order valence-electron chi connectivity index (χ1n) is 6.52. The summed E-state index contributed by atoms with van der Waals surface area (Å²) in [5.74, 6) is 3.51. The first-order valence-corrected chi connectivity index (χ1v) is 7.67. The van der Waals surface area contributed by atoms with Gasteiger partial charge in [0.1, 0.15) is 12.4 Å². The Morgan fingerprint density at radius 2 is 2.00 bits per heavy atom. The van der Waals surface area contributed by atoms with Gasteiger partial charge in [-0.15, -0.1) is 0 Å². The number of hydrogen-bond donors (Lipinski definition) is 1. The fourth-order valence-electron chi connectivity index (χ4n) is 2.02. The smallest absolute Gasteiger partial charge is 0.119 e. The second kappa shape index (κ2) is 7.49. The minimum Gasteiger partial charge on any atom is -0.490 e. The zero-order valence-corrected chi connectivity index (χ0v) is 11.5. The maximum Gasteiger partial charge on any atom is 0.119 e. The van der Waals surface area contributed by atoms with Crippen molar-refractivity contribution in [2.45, 2.75) is 25.4 Å². The van der Waals surface area contributed by atoms with Gasteiger partial charge in [0, 0.05) is 12.6 Å². The maximum absolute atomic E-state index is 5.46. The zero-order chi connectivity index (χ0) is 12.6. The predicted molar refractivity (Wildman–Crippen MR) is 79.3 cm³/mol. The topological polar surface area (TPSA) is 21.3 Å². The lowest BCUT2D eigenvalue weighted by molar-refractivity contribution is 0.363. The monoisotopic (exact) mass is 263 g/mol. The standard InChI is InChI=1S/C15H21NOS/c1-2-9-17-15-5-3-13(4-6-15)12-16-14-7-10-18-11-8-14/h2-6,14,16H,1,7-12H2. The highest BCUT2D eigenvalue weighted by Gasteiger charge is 2.12. The van der Waals surface area contributed by atoms with E-state index in [1.165, 1.54) is 29.9 Å². The molecule has 1 heterocycles. The van der Waals surface area contributed by atoms with Crippen molar-refractivity contribution >= 4 is 11.8 Å². The maximum atomic E-state index is 5.46. The van der Waals surface area contributed by atoms with E-state index in [2.05, 4.69) is 35.8 Å². The van der Waals surface area contributed by atoms with Crippen LogP contribution in [-0.2, 0) is 6.54 Å². The second-order valence-corrected chi connectivity index (χ2v) is 5.74. The molecule has 1 saturated heterocycles. The molecule has 0 aromatic heterocycles.